The van der Waals surface area contributed by atoms with Gasteiger partial charge in [-0.3, -0.25) is 9.78 Å². The van der Waals surface area contributed by atoms with Crippen molar-refractivity contribution >= 4 is 28.2 Å². The first-order chi connectivity index (χ1) is 10.6. The van der Waals surface area contributed by atoms with E-state index in [0.29, 0.717) is 17.1 Å². The van der Waals surface area contributed by atoms with E-state index < -0.39 is 0 Å². The van der Waals surface area contributed by atoms with Gasteiger partial charge in [-0.05, 0) is 42.5 Å². The monoisotopic (exact) mass is 295 g/mol. The second-order valence-electron chi connectivity index (χ2n) is 4.99. The van der Waals surface area contributed by atoms with Crippen molar-refractivity contribution in [1.29, 1.82) is 0 Å². The molecule has 0 aliphatic heterocycles. The molecule has 0 spiro atoms. The number of hydrogen-bond donors (Lipinski definition) is 2. The minimum absolute atomic E-state index is 0.122. The second-order valence-corrected chi connectivity index (χ2v) is 4.99. The zero-order valence-electron chi connectivity index (χ0n) is 11.7. The van der Waals surface area contributed by atoms with Crippen molar-refractivity contribution in [3.63, 3.8) is 0 Å². The van der Waals surface area contributed by atoms with Gasteiger partial charge in [0.1, 0.15) is 5.82 Å². The third kappa shape index (κ3) is 3.20. The van der Waals surface area contributed by atoms with Gasteiger partial charge in [-0.25, -0.2) is 4.39 Å². The van der Waals surface area contributed by atoms with Crippen LogP contribution in [0.15, 0.2) is 54.6 Å². The Bertz CT molecular complexity index is 848. The number of nitrogens with zero attached hydrogens (tertiary/aromatic N) is 1. The van der Waals surface area contributed by atoms with Crippen LogP contribution in [0.25, 0.3) is 10.9 Å². The third-order valence-electron chi connectivity index (χ3n) is 3.22. The van der Waals surface area contributed by atoms with Gasteiger partial charge in [-0.1, -0.05) is 12.1 Å². The van der Waals surface area contributed by atoms with Crippen LogP contribution >= 0.6 is 0 Å². The Morgan fingerprint density at radius 3 is 2.82 bits per heavy atom. The fourth-order valence-corrected chi connectivity index (χ4v) is 2.22. The number of anilines is 2. The Morgan fingerprint density at radius 1 is 1.14 bits per heavy atom. The lowest BCUT2D eigenvalue weighted by Crippen LogP contribution is -2.15. The minimum Gasteiger partial charge on any atom is -0.399 e. The van der Waals surface area contributed by atoms with Crippen LogP contribution in [0.2, 0.25) is 0 Å². The summed E-state index contributed by atoms with van der Waals surface area (Å²) in [4.78, 5) is 16.4. The zero-order chi connectivity index (χ0) is 15.5. The summed E-state index contributed by atoms with van der Waals surface area (Å²) < 4.78 is 13.1. The average molecular weight is 295 g/mol. The molecule has 22 heavy (non-hydrogen) atoms. The van der Waals surface area contributed by atoms with Gasteiger partial charge in [0.25, 0.3) is 0 Å². The van der Waals surface area contributed by atoms with Crippen LogP contribution in [-0.4, -0.2) is 10.9 Å². The summed E-state index contributed by atoms with van der Waals surface area (Å²) in [5.74, 6) is -0.632. The van der Waals surface area contributed by atoms with Crippen LogP contribution in [0.3, 0.4) is 0 Å². The molecule has 3 rings (SSSR count). The molecule has 0 saturated heterocycles. The Kier molecular flexibility index (Phi) is 3.70. The van der Waals surface area contributed by atoms with Gasteiger partial charge >= 0.3 is 0 Å². The number of rotatable bonds is 3. The first-order valence-corrected chi connectivity index (χ1v) is 6.81. The molecule has 0 saturated carbocycles. The summed E-state index contributed by atoms with van der Waals surface area (Å²) in [5, 5.41) is 3.57. The summed E-state index contributed by atoms with van der Waals surface area (Å²) >= 11 is 0. The van der Waals surface area contributed by atoms with E-state index in [4.69, 9.17) is 5.73 Å². The van der Waals surface area contributed by atoms with E-state index in [1.54, 1.807) is 24.3 Å². The normalized spacial score (nSPS) is 10.6. The van der Waals surface area contributed by atoms with E-state index >= 15 is 0 Å². The number of aromatic nitrogens is 1. The van der Waals surface area contributed by atoms with Crippen molar-refractivity contribution < 1.29 is 9.18 Å². The topological polar surface area (TPSA) is 68.0 Å². The zero-order valence-corrected chi connectivity index (χ0v) is 11.7. The lowest BCUT2D eigenvalue weighted by Gasteiger charge is -2.06. The minimum atomic E-state index is -0.390. The molecule has 3 N–H and O–H groups in total. The predicted molar refractivity (Wildman–Crippen MR) is 84.9 cm³/mol. The highest BCUT2D eigenvalue weighted by molar-refractivity contribution is 5.92. The van der Waals surface area contributed by atoms with E-state index in [2.05, 4.69) is 10.3 Å². The molecule has 4 nitrogen and oxygen atoms in total. The van der Waals surface area contributed by atoms with Crippen molar-refractivity contribution in [3.05, 3.63) is 66.1 Å². The number of nitrogens with two attached hydrogens (primary N) is 1. The Balaban J connectivity index is 1.75. The van der Waals surface area contributed by atoms with Crippen LogP contribution in [0.4, 0.5) is 15.8 Å². The fourth-order valence-electron chi connectivity index (χ4n) is 2.22. The number of hydrogen-bond acceptors (Lipinski definition) is 3. The van der Waals surface area contributed by atoms with Crippen molar-refractivity contribution in [1.82, 2.24) is 4.98 Å². The molecule has 3 aromatic rings. The van der Waals surface area contributed by atoms with Crippen molar-refractivity contribution in [2.75, 3.05) is 11.1 Å². The van der Waals surface area contributed by atoms with Gasteiger partial charge in [-0.2, -0.15) is 0 Å². The lowest BCUT2D eigenvalue weighted by atomic mass is 10.1. The fraction of sp³-hybridized carbons (Fsp3) is 0.0588. The van der Waals surface area contributed by atoms with Crippen LogP contribution in [-0.2, 0) is 11.2 Å². The Labute approximate surface area is 126 Å². The molecule has 1 aromatic heterocycles. The number of carbonyl (C=O) groups is 1. The molecule has 110 valence electrons. The Morgan fingerprint density at radius 2 is 2.00 bits per heavy atom. The van der Waals surface area contributed by atoms with Crippen molar-refractivity contribution in [2.45, 2.75) is 6.42 Å². The molecule has 1 heterocycles. The molecular weight excluding hydrogens is 281 g/mol. The molecule has 0 bridgehead atoms. The average Bonchev–Trinajstić information content (AvgIpc) is 2.47. The summed E-state index contributed by atoms with van der Waals surface area (Å²) in [6.07, 6.45) is 0.122. The maximum Gasteiger partial charge on any atom is 0.230 e. The van der Waals surface area contributed by atoms with Crippen LogP contribution < -0.4 is 11.1 Å². The highest BCUT2D eigenvalue weighted by atomic mass is 19.1. The number of pyridine rings is 1. The molecule has 2 aromatic carbocycles. The maximum absolute atomic E-state index is 13.1. The molecule has 0 radical (unpaired) electrons. The third-order valence-corrected chi connectivity index (χ3v) is 3.22. The summed E-state index contributed by atoms with van der Waals surface area (Å²) in [5.41, 5.74) is 8.25. The van der Waals surface area contributed by atoms with Crippen molar-refractivity contribution in [3.8, 4) is 0 Å². The van der Waals surface area contributed by atoms with Crippen LogP contribution in [0, 0.1) is 5.82 Å². The lowest BCUT2D eigenvalue weighted by molar-refractivity contribution is -0.115. The van der Waals surface area contributed by atoms with E-state index in [9.17, 15) is 9.18 Å². The molecular formula is C17H14FN3O. The van der Waals surface area contributed by atoms with E-state index in [-0.39, 0.29) is 18.1 Å². The molecule has 0 aliphatic rings. The second kappa shape index (κ2) is 5.81. The van der Waals surface area contributed by atoms with Crippen LogP contribution in [0.1, 0.15) is 5.69 Å². The quantitative estimate of drug-likeness (QED) is 0.729. The van der Waals surface area contributed by atoms with E-state index in [1.807, 2.05) is 18.2 Å². The number of benzene rings is 2. The molecule has 5 heteroatoms. The summed E-state index contributed by atoms with van der Waals surface area (Å²) in [7, 11) is 0. The maximum atomic E-state index is 13.1. The number of carbonyl (C=O) groups excluding carboxylic acids is 1. The molecule has 1 amide bonds. The SMILES string of the molecule is Nc1ccc2nc(CC(=O)Nc3cccc(F)c3)ccc2c1. The number of nitrogen functional groups attached to an aromatic ring is 1. The van der Waals surface area contributed by atoms with E-state index in [0.717, 1.165) is 10.9 Å². The highest BCUT2D eigenvalue weighted by Crippen LogP contribution is 2.16. The number of nitrogens with one attached hydrogen (secondary N) is 1. The first-order valence-electron chi connectivity index (χ1n) is 6.81. The van der Waals surface area contributed by atoms with E-state index in [1.165, 1.54) is 12.1 Å². The van der Waals surface area contributed by atoms with Gasteiger partial charge in [-0.15, -0.1) is 0 Å². The van der Waals surface area contributed by atoms with Gasteiger partial charge in [0.05, 0.1) is 17.6 Å². The largest absolute Gasteiger partial charge is 0.399 e. The number of halogens is 1. The number of amides is 1. The van der Waals surface area contributed by atoms with Crippen LogP contribution in [0.5, 0.6) is 0 Å². The first kappa shape index (κ1) is 14.0. The number of fused-ring (bicyclic) bond motifs is 1. The van der Waals surface area contributed by atoms with Gasteiger partial charge in [0, 0.05) is 16.8 Å². The molecule has 0 unspecified atom stereocenters. The van der Waals surface area contributed by atoms with Gasteiger partial charge in [0.2, 0.25) is 5.91 Å². The standard InChI is InChI=1S/C17H14FN3O/c18-12-2-1-3-14(9-12)21-17(22)10-15-6-4-11-8-13(19)5-7-16(11)20-15/h1-9H,10,19H2,(H,21,22). The van der Waals surface area contributed by atoms with Gasteiger partial charge < -0.3 is 11.1 Å². The van der Waals surface area contributed by atoms with Gasteiger partial charge in [0.15, 0.2) is 0 Å². The summed E-state index contributed by atoms with van der Waals surface area (Å²) in [6.45, 7) is 0. The summed E-state index contributed by atoms with van der Waals surface area (Å²) in [6, 6.07) is 14.9. The molecule has 0 atom stereocenters. The predicted octanol–water partition coefficient (Wildman–Crippen LogP) is 3.14. The smallest absolute Gasteiger partial charge is 0.230 e. The molecule has 0 fully saturated rings. The highest BCUT2D eigenvalue weighted by Gasteiger charge is 2.07. The molecule has 0 aliphatic carbocycles. The van der Waals surface area contributed by atoms with Crippen molar-refractivity contribution in [2.24, 2.45) is 0 Å². The Hall–Kier alpha value is -2.95.